The van der Waals surface area contributed by atoms with Gasteiger partial charge >= 0.3 is 0 Å². The first kappa shape index (κ1) is 25.2. The third-order valence-electron chi connectivity index (χ3n) is 7.83. The molecule has 0 fully saturated rings. The molecule has 0 saturated carbocycles. The Morgan fingerprint density at radius 1 is 1.08 bits per heavy atom. The van der Waals surface area contributed by atoms with E-state index < -0.39 is 0 Å². The van der Waals surface area contributed by atoms with Crippen LogP contribution in [0.1, 0.15) is 40.7 Å². The highest BCUT2D eigenvalue weighted by atomic mass is 16.2. The molecule has 0 saturated heterocycles. The van der Waals surface area contributed by atoms with Crippen molar-refractivity contribution in [3.8, 4) is 0 Å². The molecular weight excluding hydrogens is 456 g/mol. The van der Waals surface area contributed by atoms with Crippen LogP contribution in [0.2, 0.25) is 0 Å². The average molecular weight is 496 g/mol. The number of anilines is 1. The number of amides is 1. The molecule has 1 amide bonds. The van der Waals surface area contributed by atoms with Crippen molar-refractivity contribution in [2.24, 2.45) is 5.92 Å². The zero-order valence-corrected chi connectivity index (χ0v) is 22.4. The summed E-state index contributed by atoms with van der Waals surface area (Å²) >= 11 is 0. The number of aromatic amines is 1. The summed E-state index contributed by atoms with van der Waals surface area (Å²) < 4.78 is 0. The maximum absolute atomic E-state index is 14.5. The summed E-state index contributed by atoms with van der Waals surface area (Å²) in [6.45, 7) is 8.82. The Balaban J connectivity index is 1.50. The smallest absolute Gasteiger partial charge is 0.244 e. The van der Waals surface area contributed by atoms with Crippen LogP contribution in [0.5, 0.6) is 0 Å². The van der Waals surface area contributed by atoms with Crippen LogP contribution in [0.3, 0.4) is 0 Å². The molecule has 5 heteroatoms. The van der Waals surface area contributed by atoms with Gasteiger partial charge in [-0.1, -0.05) is 72.6 Å². The fourth-order valence-electron chi connectivity index (χ4n) is 5.80. The van der Waals surface area contributed by atoms with E-state index in [4.69, 9.17) is 0 Å². The van der Waals surface area contributed by atoms with Crippen molar-refractivity contribution >= 4 is 22.5 Å². The molecule has 5 rings (SSSR count). The predicted octanol–water partition coefficient (Wildman–Crippen LogP) is 4.45. The largest absolute Gasteiger partial charge is 0.361 e. The molecular formula is C32H39N4O+. The van der Waals surface area contributed by atoms with Crippen LogP contribution in [0.4, 0.5) is 5.69 Å². The molecule has 0 bridgehead atoms. The summed E-state index contributed by atoms with van der Waals surface area (Å²) in [7, 11) is 2.11. The first-order chi connectivity index (χ1) is 17.9. The van der Waals surface area contributed by atoms with E-state index in [1.807, 2.05) is 6.07 Å². The number of benzene rings is 3. The van der Waals surface area contributed by atoms with Crippen LogP contribution in [0, 0.1) is 19.8 Å². The van der Waals surface area contributed by atoms with E-state index >= 15 is 0 Å². The van der Waals surface area contributed by atoms with Crippen LogP contribution in [-0.2, 0) is 17.8 Å². The predicted molar refractivity (Wildman–Crippen MR) is 152 cm³/mol. The van der Waals surface area contributed by atoms with Gasteiger partial charge in [-0.25, -0.2) is 0 Å². The fourth-order valence-corrected chi connectivity index (χ4v) is 5.80. The number of fused-ring (bicyclic) bond motifs is 2. The SMILES string of the molecule is C[NH2+]C[C@H]1Cc2cc(C)ccc2N(C(=O)C(NCc2ccc(C)cc2)C(C)c2c[nH]c3ccccc23)C1. The Morgan fingerprint density at radius 2 is 1.84 bits per heavy atom. The minimum atomic E-state index is -0.362. The standard InChI is InChI=1S/C32H38N4O/c1-21-9-12-24(13-10-21)18-35-31(23(3)28-19-34-29-8-6-5-7-27(28)29)32(37)36-20-25(17-33-4)16-26-15-22(2)11-14-30(26)36/h5-15,19,23,25,31,33-35H,16-18,20H2,1-4H3/p+1/t23?,25-,31?/m1/s1. The lowest BCUT2D eigenvalue weighted by Crippen LogP contribution is -2.82. The zero-order valence-electron chi connectivity index (χ0n) is 22.4. The Morgan fingerprint density at radius 3 is 2.62 bits per heavy atom. The molecule has 4 aromatic rings. The van der Waals surface area contributed by atoms with Crippen molar-refractivity contribution in [1.82, 2.24) is 10.3 Å². The summed E-state index contributed by atoms with van der Waals surface area (Å²) in [6.07, 6.45) is 3.09. The van der Waals surface area contributed by atoms with Crippen molar-refractivity contribution in [3.63, 3.8) is 0 Å². The van der Waals surface area contributed by atoms with Crippen molar-refractivity contribution in [2.75, 3.05) is 25.0 Å². The molecule has 192 valence electrons. The van der Waals surface area contributed by atoms with Crippen LogP contribution in [0.25, 0.3) is 10.9 Å². The van der Waals surface area contributed by atoms with Gasteiger partial charge in [0.1, 0.15) is 0 Å². The van der Waals surface area contributed by atoms with Crippen LogP contribution in [-0.4, -0.2) is 37.1 Å². The fraction of sp³-hybridized carbons (Fsp3) is 0.344. The number of carbonyl (C=O) groups is 1. The number of nitrogens with zero attached hydrogens (tertiary/aromatic N) is 1. The highest BCUT2D eigenvalue weighted by Gasteiger charge is 2.36. The number of nitrogens with two attached hydrogens (primary N) is 1. The third kappa shape index (κ3) is 5.34. The number of rotatable bonds is 8. The summed E-state index contributed by atoms with van der Waals surface area (Å²) in [6, 6.07) is 23.1. The van der Waals surface area contributed by atoms with E-state index in [0.29, 0.717) is 12.5 Å². The van der Waals surface area contributed by atoms with Gasteiger partial charge in [-0.3, -0.25) is 4.79 Å². The third-order valence-corrected chi connectivity index (χ3v) is 7.83. The zero-order chi connectivity index (χ0) is 25.9. The number of carbonyl (C=O) groups excluding carboxylic acids is 1. The molecule has 37 heavy (non-hydrogen) atoms. The minimum absolute atomic E-state index is 0.0129. The van der Waals surface area contributed by atoms with Crippen LogP contribution >= 0.6 is 0 Å². The van der Waals surface area contributed by atoms with Gasteiger partial charge in [0.15, 0.2) is 0 Å². The Labute approximate surface area is 220 Å². The van der Waals surface area contributed by atoms with Gasteiger partial charge in [0.2, 0.25) is 5.91 Å². The quantitative estimate of drug-likeness (QED) is 0.338. The van der Waals surface area contributed by atoms with Gasteiger partial charge in [0.05, 0.1) is 19.6 Å². The molecule has 1 aliphatic rings. The number of quaternary nitrogens is 1. The van der Waals surface area contributed by atoms with Gasteiger partial charge in [-0.15, -0.1) is 0 Å². The van der Waals surface area contributed by atoms with Crippen molar-refractivity contribution in [3.05, 3.63) is 101 Å². The normalized spacial score (nSPS) is 17.0. The maximum atomic E-state index is 14.5. The minimum Gasteiger partial charge on any atom is -0.361 e. The molecule has 0 radical (unpaired) electrons. The lowest BCUT2D eigenvalue weighted by atomic mass is 9.88. The molecule has 1 aromatic heterocycles. The highest BCUT2D eigenvalue weighted by molar-refractivity contribution is 5.99. The van der Waals surface area contributed by atoms with Gasteiger partial charge in [0.25, 0.3) is 0 Å². The monoisotopic (exact) mass is 495 g/mol. The van der Waals surface area contributed by atoms with Crippen molar-refractivity contribution < 1.29 is 10.1 Å². The molecule has 1 aliphatic heterocycles. The number of para-hydroxylation sites is 1. The molecule has 0 spiro atoms. The van der Waals surface area contributed by atoms with Gasteiger partial charge in [-0.05, 0) is 49.1 Å². The van der Waals surface area contributed by atoms with Gasteiger partial charge in [-0.2, -0.15) is 0 Å². The van der Waals surface area contributed by atoms with Crippen molar-refractivity contribution in [2.45, 2.75) is 45.7 Å². The van der Waals surface area contributed by atoms with Gasteiger partial charge in [0, 0.05) is 47.7 Å². The Hall–Kier alpha value is -3.41. The summed E-state index contributed by atoms with van der Waals surface area (Å²) in [5.41, 5.74) is 8.29. The van der Waals surface area contributed by atoms with Crippen LogP contribution in [0.15, 0.2) is 72.9 Å². The summed E-state index contributed by atoms with van der Waals surface area (Å²) in [5.74, 6) is 0.571. The molecule has 2 unspecified atom stereocenters. The topological polar surface area (TPSA) is 64.7 Å². The highest BCUT2D eigenvalue weighted by Crippen LogP contribution is 2.34. The average Bonchev–Trinajstić information content (AvgIpc) is 3.33. The van der Waals surface area contributed by atoms with Gasteiger partial charge < -0.3 is 20.5 Å². The number of hydrogen-bond acceptors (Lipinski definition) is 2. The summed E-state index contributed by atoms with van der Waals surface area (Å²) in [5, 5.41) is 7.09. The lowest BCUT2D eigenvalue weighted by Gasteiger charge is -2.37. The molecule has 3 aromatic carbocycles. The maximum Gasteiger partial charge on any atom is 0.244 e. The second-order valence-electron chi connectivity index (χ2n) is 10.7. The van der Waals surface area contributed by atoms with E-state index in [0.717, 1.165) is 30.7 Å². The van der Waals surface area contributed by atoms with Crippen molar-refractivity contribution in [1.29, 1.82) is 0 Å². The van der Waals surface area contributed by atoms with E-state index in [1.54, 1.807) is 0 Å². The first-order valence-electron chi connectivity index (χ1n) is 13.5. The lowest BCUT2D eigenvalue weighted by molar-refractivity contribution is -0.632. The Kier molecular flexibility index (Phi) is 7.45. The van der Waals surface area contributed by atoms with E-state index in [1.165, 1.54) is 33.2 Å². The molecule has 0 aliphatic carbocycles. The number of hydrogen-bond donors (Lipinski definition) is 3. The second kappa shape index (κ2) is 10.9. The van der Waals surface area contributed by atoms with Crippen LogP contribution < -0.4 is 15.5 Å². The number of nitrogens with one attached hydrogen (secondary N) is 2. The van der Waals surface area contributed by atoms with E-state index in [-0.39, 0.29) is 17.9 Å². The second-order valence-corrected chi connectivity index (χ2v) is 10.7. The summed E-state index contributed by atoms with van der Waals surface area (Å²) in [4.78, 5) is 20.0. The molecule has 5 nitrogen and oxygen atoms in total. The van der Waals surface area contributed by atoms with E-state index in [2.05, 4.69) is 115 Å². The molecule has 3 atom stereocenters. The molecule has 2 heterocycles. The van der Waals surface area contributed by atoms with E-state index in [9.17, 15) is 4.79 Å². The number of H-pyrrole nitrogens is 1. The number of aromatic nitrogens is 1. The number of aryl methyl sites for hydroxylation is 2. The molecule has 4 N–H and O–H groups in total. The Bertz CT molecular complexity index is 1370. The first-order valence-corrected chi connectivity index (χ1v) is 13.5.